The van der Waals surface area contributed by atoms with Gasteiger partial charge in [0, 0.05) is 26.1 Å². The Morgan fingerprint density at radius 3 is 2.72 bits per heavy atom. The second kappa shape index (κ2) is 6.01. The lowest BCUT2D eigenvalue weighted by molar-refractivity contribution is -0.120. The summed E-state index contributed by atoms with van der Waals surface area (Å²) in [5, 5.41) is 3.05. The van der Waals surface area contributed by atoms with Crippen LogP contribution in [-0.4, -0.2) is 37.0 Å². The molecule has 1 saturated heterocycles. The van der Waals surface area contributed by atoms with Gasteiger partial charge in [0.1, 0.15) is 0 Å². The van der Waals surface area contributed by atoms with Crippen molar-refractivity contribution in [2.45, 2.75) is 25.8 Å². The Hall–Kier alpha value is -1.35. The van der Waals surface area contributed by atoms with Crippen molar-refractivity contribution in [3.8, 4) is 0 Å². The zero-order valence-electron chi connectivity index (χ0n) is 11.2. The van der Waals surface area contributed by atoms with Crippen LogP contribution in [0.2, 0.25) is 0 Å². The van der Waals surface area contributed by atoms with Crippen LogP contribution in [0.25, 0.3) is 0 Å². The van der Waals surface area contributed by atoms with E-state index >= 15 is 0 Å². The topological polar surface area (TPSA) is 32.3 Å². The molecule has 1 aliphatic heterocycles. The van der Waals surface area contributed by atoms with Crippen LogP contribution in [0.1, 0.15) is 18.9 Å². The molecule has 18 heavy (non-hydrogen) atoms. The van der Waals surface area contributed by atoms with Crippen molar-refractivity contribution in [3.63, 3.8) is 0 Å². The average molecular weight is 246 g/mol. The Labute approximate surface area is 109 Å². The molecule has 98 valence electrons. The van der Waals surface area contributed by atoms with E-state index in [-0.39, 0.29) is 5.91 Å². The smallest absolute Gasteiger partial charge is 0.217 e. The summed E-state index contributed by atoms with van der Waals surface area (Å²) >= 11 is 0. The molecular formula is C15H22N2O. The Bertz CT molecular complexity index is 391. The number of nitrogens with one attached hydrogen (secondary N) is 1. The molecule has 3 heteroatoms. The van der Waals surface area contributed by atoms with Crippen molar-refractivity contribution in [1.29, 1.82) is 0 Å². The van der Waals surface area contributed by atoms with Crippen molar-refractivity contribution < 1.29 is 4.79 Å². The molecule has 2 rings (SSSR count). The fourth-order valence-electron chi connectivity index (χ4n) is 2.93. The molecule has 1 aliphatic rings. The number of nitrogens with zero attached hydrogens (tertiary/aromatic N) is 1. The molecule has 0 spiro atoms. The fourth-order valence-corrected chi connectivity index (χ4v) is 2.93. The van der Waals surface area contributed by atoms with E-state index in [0.717, 1.165) is 25.9 Å². The highest BCUT2D eigenvalue weighted by molar-refractivity contribution is 5.73. The van der Waals surface area contributed by atoms with E-state index < -0.39 is 0 Å². The van der Waals surface area contributed by atoms with E-state index in [1.54, 1.807) is 6.92 Å². The highest BCUT2D eigenvalue weighted by Crippen LogP contribution is 2.20. The predicted molar refractivity (Wildman–Crippen MR) is 73.4 cm³/mol. The summed E-state index contributed by atoms with van der Waals surface area (Å²) in [5.74, 6) is 0.705. The lowest BCUT2D eigenvalue weighted by Crippen LogP contribution is -2.49. The van der Waals surface area contributed by atoms with Crippen LogP contribution >= 0.6 is 0 Å². The molecule has 2 unspecified atom stereocenters. The Kier molecular flexibility index (Phi) is 4.37. The first-order chi connectivity index (χ1) is 8.63. The van der Waals surface area contributed by atoms with Gasteiger partial charge in [-0.1, -0.05) is 30.3 Å². The van der Waals surface area contributed by atoms with Crippen molar-refractivity contribution in [3.05, 3.63) is 35.9 Å². The van der Waals surface area contributed by atoms with E-state index in [9.17, 15) is 4.79 Å². The SMILES string of the molecule is CC(=O)NC1CC(Cc2ccccc2)CN(C)C1. The number of carbonyl (C=O) groups is 1. The maximum atomic E-state index is 11.2. The number of benzene rings is 1. The minimum absolute atomic E-state index is 0.0776. The van der Waals surface area contributed by atoms with Crippen LogP contribution in [-0.2, 0) is 11.2 Å². The largest absolute Gasteiger partial charge is 0.352 e. The van der Waals surface area contributed by atoms with Gasteiger partial charge in [-0.2, -0.15) is 0 Å². The number of likely N-dealkylation sites (N-methyl/N-ethyl adjacent to an activating group) is 1. The Balaban J connectivity index is 1.94. The van der Waals surface area contributed by atoms with E-state index in [1.165, 1.54) is 5.56 Å². The van der Waals surface area contributed by atoms with Crippen LogP contribution in [0.4, 0.5) is 0 Å². The molecule has 3 nitrogen and oxygen atoms in total. The molecule has 1 fully saturated rings. The van der Waals surface area contributed by atoms with Gasteiger partial charge in [0.15, 0.2) is 0 Å². The van der Waals surface area contributed by atoms with Crippen LogP contribution in [0.5, 0.6) is 0 Å². The van der Waals surface area contributed by atoms with E-state index in [2.05, 4.69) is 47.6 Å². The van der Waals surface area contributed by atoms with Gasteiger partial charge in [0.25, 0.3) is 0 Å². The third-order valence-corrected chi connectivity index (χ3v) is 3.49. The van der Waals surface area contributed by atoms with Gasteiger partial charge >= 0.3 is 0 Å². The normalized spacial score (nSPS) is 24.8. The van der Waals surface area contributed by atoms with E-state index in [0.29, 0.717) is 12.0 Å². The third kappa shape index (κ3) is 3.84. The zero-order chi connectivity index (χ0) is 13.0. The first-order valence-corrected chi connectivity index (χ1v) is 6.63. The molecule has 1 N–H and O–H groups in total. The summed E-state index contributed by atoms with van der Waals surface area (Å²) in [4.78, 5) is 13.5. The van der Waals surface area contributed by atoms with Crippen molar-refractivity contribution in [2.24, 2.45) is 5.92 Å². The molecule has 0 aromatic heterocycles. The van der Waals surface area contributed by atoms with Crippen LogP contribution in [0.15, 0.2) is 30.3 Å². The predicted octanol–water partition coefficient (Wildman–Crippen LogP) is 1.69. The minimum Gasteiger partial charge on any atom is -0.352 e. The average Bonchev–Trinajstić information content (AvgIpc) is 2.28. The first kappa shape index (κ1) is 13.1. The number of hydrogen-bond acceptors (Lipinski definition) is 2. The molecule has 1 amide bonds. The second-order valence-electron chi connectivity index (χ2n) is 5.41. The lowest BCUT2D eigenvalue weighted by atomic mass is 9.89. The Morgan fingerprint density at radius 2 is 2.06 bits per heavy atom. The molecule has 1 aromatic rings. The highest BCUT2D eigenvalue weighted by atomic mass is 16.1. The van der Waals surface area contributed by atoms with Crippen molar-refractivity contribution in [1.82, 2.24) is 10.2 Å². The van der Waals surface area contributed by atoms with E-state index in [1.807, 2.05) is 0 Å². The molecule has 2 atom stereocenters. The zero-order valence-corrected chi connectivity index (χ0v) is 11.2. The summed E-state index contributed by atoms with van der Waals surface area (Å²) in [6.45, 7) is 3.68. The lowest BCUT2D eigenvalue weighted by Gasteiger charge is -2.36. The number of amides is 1. The van der Waals surface area contributed by atoms with Crippen molar-refractivity contribution in [2.75, 3.05) is 20.1 Å². The maximum absolute atomic E-state index is 11.2. The molecule has 1 aromatic carbocycles. The quantitative estimate of drug-likeness (QED) is 0.880. The van der Waals surface area contributed by atoms with Gasteiger partial charge in [-0.15, -0.1) is 0 Å². The van der Waals surface area contributed by atoms with Gasteiger partial charge in [-0.25, -0.2) is 0 Å². The monoisotopic (exact) mass is 246 g/mol. The molecule has 0 aliphatic carbocycles. The molecule has 0 saturated carbocycles. The fraction of sp³-hybridized carbons (Fsp3) is 0.533. The standard InChI is InChI=1S/C15H22N2O/c1-12(18)16-15-9-14(10-17(2)11-15)8-13-6-4-3-5-7-13/h3-7,14-15H,8-11H2,1-2H3,(H,16,18). The number of piperidine rings is 1. The van der Waals surface area contributed by atoms with Gasteiger partial charge in [0.2, 0.25) is 5.91 Å². The summed E-state index contributed by atoms with van der Waals surface area (Å²) in [7, 11) is 2.13. The van der Waals surface area contributed by atoms with Crippen molar-refractivity contribution >= 4 is 5.91 Å². The second-order valence-corrected chi connectivity index (χ2v) is 5.41. The summed E-state index contributed by atoms with van der Waals surface area (Å²) in [5.41, 5.74) is 1.39. The number of likely N-dealkylation sites (tertiary alicyclic amines) is 1. The van der Waals surface area contributed by atoms with E-state index in [4.69, 9.17) is 0 Å². The summed E-state index contributed by atoms with van der Waals surface area (Å²) in [6, 6.07) is 10.9. The molecule has 0 bridgehead atoms. The number of carbonyl (C=O) groups excluding carboxylic acids is 1. The van der Waals surface area contributed by atoms with Crippen LogP contribution in [0, 0.1) is 5.92 Å². The highest BCUT2D eigenvalue weighted by Gasteiger charge is 2.25. The van der Waals surface area contributed by atoms with Gasteiger partial charge in [-0.3, -0.25) is 4.79 Å². The van der Waals surface area contributed by atoms with Gasteiger partial charge in [0.05, 0.1) is 0 Å². The molecular weight excluding hydrogens is 224 g/mol. The third-order valence-electron chi connectivity index (χ3n) is 3.49. The van der Waals surface area contributed by atoms with Gasteiger partial charge in [-0.05, 0) is 31.4 Å². The molecule has 1 heterocycles. The van der Waals surface area contributed by atoms with Crippen LogP contribution in [0.3, 0.4) is 0 Å². The Morgan fingerprint density at radius 1 is 1.33 bits per heavy atom. The molecule has 0 radical (unpaired) electrons. The first-order valence-electron chi connectivity index (χ1n) is 6.63. The van der Waals surface area contributed by atoms with Crippen LogP contribution < -0.4 is 5.32 Å². The maximum Gasteiger partial charge on any atom is 0.217 e. The summed E-state index contributed by atoms with van der Waals surface area (Å²) < 4.78 is 0. The summed E-state index contributed by atoms with van der Waals surface area (Å²) in [6.07, 6.45) is 2.18. The minimum atomic E-state index is 0.0776. The number of rotatable bonds is 3. The number of hydrogen-bond donors (Lipinski definition) is 1. The van der Waals surface area contributed by atoms with Gasteiger partial charge < -0.3 is 10.2 Å².